The predicted molar refractivity (Wildman–Crippen MR) is 73.6 cm³/mol. The Bertz CT molecular complexity index is 458. The standard InChI is InChI=1S/C14H20N2O5/c1-2-21-12(17)8-16(11-5-6-11)14(20)15-10-4-3-9(7-10)13(18)19/h3-4,9-11H,2,5-8H2,1H3,(H,15,20)(H,18,19). The Morgan fingerprint density at radius 3 is 2.57 bits per heavy atom. The lowest BCUT2D eigenvalue weighted by Crippen LogP contribution is -2.47. The van der Waals surface area contributed by atoms with Gasteiger partial charge >= 0.3 is 18.0 Å². The summed E-state index contributed by atoms with van der Waals surface area (Å²) < 4.78 is 4.87. The maximum absolute atomic E-state index is 12.2. The fourth-order valence-corrected chi connectivity index (χ4v) is 2.33. The third kappa shape index (κ3) is 4.21. The molecule has 1 saturated carbocycles. The van der Waals surface area contributed by atoms with Gasteiger partial charge in [-0.15, -0.1) is 0 Å². The van der Waals surface area contributed by atoms with E-state index in [0.29, 0.717) is 6.42 Å². The van der Waals surface area contributed by atoms with Gasteiger partial charge in [0.05, 0.1) is 18.6 Å². The highest BCUT2D eigenvalue weighted by Crippen LogP contribution is 2.27. The second kappa shape index (κ2) is 6.60. The van der Waals surface area contributed by atoms with Crippen LogP contribution in [0.4, 0.5) is 4.79 Å². The van der Waals surface area contributed by atoms with Gasteiger partial charge in [0.25, 0.3) is 0 Å². The molecule has 2 aliphatic rings. The van der Waals surface area contributed by atoms with Crippen LogP contribution in [-0.4, -0.2) is 53.2 Å². The fourth-order valence-electron chi connectivity index (χ4n) is 2.33. The summed E-state index contributed by atoms with van der Waals surface area (Å²) in [7, 11) is 0. The van der Waals surface area contributed by atoms with Crippen LogP contribution in [0.25, 0.3) is 0 Å². The molecule has 0 aromatic heterocycles. The number of carboxylic acid groups (broad SMARTS) is 1. The van der Waals surface area contributed by atoms with E-state index in [1.54, 1.807) is 19.1 Å². The molecule has 0 aromatic carbocycles. The minimum Gasteiger partial charge on any atom is -0.481 e. The minimum atomic E-state index is -0.895. The first-order valence-electron chi connectivity index (χ1n) is 7.15. The summed E-state index contributed by atoms with van der Waals surface area (Å²) in [4.78, 5) is 36.1. The van der Waals surface area contributed by atoms with Crippen LogP contribution in [0.5, 0.6) is 0 Å². The van der Waals surface area contributed by atoms with E-state index in [1.807, 2.05) is 0 Å². The summed E-state index contributed by atoms with van der Waals surface area (Å²) in [5.74, 6) is -1.88. The molecule has 0 saturated heterocycles. The molecular weight excluding hydrogens is 276 g/mol. The molecule has 116 valence electrons. The highest BCUT2D eigenvalue weighted by atomic mass is 16.5. The minimum absolute atomic E-state index is 0.0663. The molecule has 0 bridgehead atoms. The molecule has 7 heteroatoms. The molecule has 0 heterocycles. The molecule has 1 fully saturated rings. The van der Waals surface area contributed by atoms with Crippen molar-refractivity contribution in [3.05, 3.63) is 12.2 Å². The van der Waals surface area contributed by atoms with Crippen molar-refractivity contribution in [2.45, 2.75) is 38.3 Å². The quantitative estimate of drug-likeness (QED) is 0.557. The van der Waals surface area contributed by atoms with Crippen LogP contribution >= 0.6 is 0 Å². The van der Waals surface area contributed by atoms with Gasteiger partial charge in [-0.3, -0.25) is 9.59 Å². The molecule has 2 amide bonds. The molecule has 2 N–H and O–H groups in total. The van der Waals surface area contributed by atoms with Crippen molar-refractivity contribution in [1.29, 1.82) is 0 Å². The van der Waals surface area contributed by atoms with Gasteiger partial charge in [0, 0.05) is 6.04 Å². The Kier molecular flexibility index (Phi) is 4.82. The first-order chi connectivity index (χ1) is 10.0. The van der Waals surface area contributed by atoms with Gasteiger partial charge in [0.15, 0.2) is 0 Å². The van der Waals surface area contributed by atoms with Gasteiger partial charge < -0.3 is 20.1 Å². The van der Waals surface area contributed by atoms with Crippen LogP contribution in [0.15, 0.2) is 12.2 Å². The highest BCUT2D eigenvalue weighted by Gasteiger charge is 2.35. The number of aliphatic carboxylic acids is 1. The second-order valence-electron chi connectivity index (χ2n) is 5.29. The third-order valence-corrected chi connectivity index (χ3v) is 3.56. The van der Waals surface area contributed by atoms with Crippen molar-refractivity contribution in [2.24, 2.45) is 5.92 Å². The average molecular weight is 296 g/mol. The number of esters is 1. The molecule has 0 radical (unpaired) electrons. The van der Waals surface area contributed by atoms with Gasteiger partial charge in [0.1, 0.15) is 6.54 Å². The highest BCUT2D eigenvalue weighted by molar-refractivity contribution is 5.82. The smallest absolute Gasteiger partial charge is 0.325 e. The maximum Gasteiger partial charge on any atom is 0.325 e. The van der Waals surface area contributed by atoms with Gasteiger partial charge in [-0.05, 0) is 26.2 Å². The van der Waals surface area contributed by atoms with Crippen molar-refractivity contribution in [3.63, 3.8) is 0 Å². The van der Waals surface area contributed by atoms with Crippen LogP contribution < -0.4 is 5.32 Å². The van der Waals surface area contributed by atoms with Crippen LogP contribution in [0.3, 0.4) is 0 Å². The number of rotatable bonds is 6. The zero-order chi connectivity index (χ0) is 15.4. The van der Waals surface area contributed by atoms with E-state index in [4.69, 9.17) is 9.84 Å². The van der Waals surface area contributed by atoms with Crippen molar-refractivity contribution in [1.82, 2.24) is 10.2 Å². The number of carbonyl (C=O) groups excluding carboxylic acids is 2. The summed E-state index contributed by atoms with van der Waals surface area (Å²) in [5, 5.41) is 11.7. The van der Waals surface area contributed by atoms with Crippen LogP contribution in [-0.2, 0) is 14.3 Å². The Labute approximate surface area is 122 Å². The number of hydrogen-bond acceptors (Lipinski definition) is 4. The Morgan fingerprint density at radius 2 is 2.05 bits per heavy atom. The molecule has 0 aromatic rings. The molecule has 0 aliphatic heterocycles. The Morgan fingerprint density at radius 1 is 1.33 bits per heavy atom. The molecule has 2 unspecified atom stereocenters. The zero-order valence-electron chi connectivity index (χ0n) is 11.9. The van der Waals surface area contributed by atoms with E-state index in [1.165, 1.54) is 4.90 Å². The van der Waals surface area contributed by atoms with E-state index < -0.39 is 17.9 Å². The van der Waals surface area contributed by atoms with E-state index in [2.05, 4.69) is 5.32 Å². The number of urea groups is 1. The molecule has 2 rings (SSSR count). The number of nitrogens with one attached hydrogen (secondary N) is 1. The number of hydrogen-bond donors (Lipinski definition) is 2. The van der Waals surface area contributed by atoms with Gasteiger partial charge in [-0.1, -0.05) is 12.2 Å². The SMILES string of the molecule is CCOC(=O)CN(C(=O)NC1C=CC(C(=O)O)C1)C1CC1. The molecule has 21 heavy (non-hydrogen) atoms. The first-order valence-corrected chi connectivity index (χ1v) is 7.15. The zero-order valence-corrected chi connectivity index (χ0v) is 11.9. The first kappa shape index (κ1) is 15.3. The Balaban J connectivity index is 1.86. The topological polar surface area (TPSA) is 95.9 Å². The molecule has 0 spiro atoms. The number of amides is 2. The summed E-state index contributed by atoms with van der Waals surface area (Å²) in [5.41, 5.74) is 0. The summed E-state index contributed by atoms with van der Waals surface area (Å²) in [6.07, 6.45) is 5.38. The van der Waals surface area contributed by atoms with Crippen molar-refractivity contribution in [2.75, 3.05) is 13.2 Å². The number of ether oxygens (including phenoxy) is 1. The molecular formula is C14H20N2O5. The monoisotopic (exact) mass is 296 g/mol. The summed E-state index contributed by atoms with van der Waals surface area (Å²) >= 11 is 0. The van der Waals surface area contributed by atoms with Crippen LogP contribution in [0, 0.1) is 5.92 Å². The third-order valence-electron chi connectivity index (χ3n) is 3.56. The fraction of sp³-hybridized carbons (Fsp3) is 0.643. The maximum atomic E-state index is 12.2. The lowest BCUT2D eigenvalue weighted by molar-refractivity contribution is -0.144. The normalized spacial score (nSPS) is 23.7. The van der Waals surface area contributed by atoms with Gasteiger partial charge in [0.2, 0.25) is 0 Å². The molecule has 7 nitrogen and oxygen atoms in total. The van der Waals surface area contributed by atoms with E-state index in [0.717, 1.165) is 12.8 Å². The number of carbonyl (C=O) groups is 3. The largest absolute Gasteiger partial charge is 0.481 e. The van der Waals surface area contributed by atoms with Crippen molar-refractivity contribution < 1.29 is 24.2 Å². The molecule has 2 aliphatic carbocycles. The van der Waals surface area contributed by atoms with Crippen molar-refractivity contribution >= 4 is 18.0 Å². The summed E-state index contributed by atoms with van der Waals surface area (Å²) in [6.45, 7) is 1.93. The predicted octanol–water partition coefficient (Wildman–Crippen LogP) is 0.753. The van der Waals surface area contributed by atoms with Crippen molar-refractivity contribution in [3.8, 4) is 0 Å². The second-order valence-corrected chi connectivity index (χ2v) is 5.29. The number of carboxylic acids is 1. The molecule has 2 atom stereocenters. The summed E-state index contributed by atoms with van der Waals surface area (Å²) in [6, 6.07) is -0.566. The lowest BCUT2D eigenvalue weighted by atomic mass is 10.1. The Hall–Kier alpha value is -2.05. The van der Waals surface area contributed by atoms with Crippen LogP contribution in [0.2, 0.25) is 0 Å². The van der Waals surface area contributed by atoms with Gasteiger partial charge in [-0.2, -0.15) is 0 Å². The average Bonchev–Trinajstić information content (AvgIpc) is 3.15. The van der Waals surface area contributed by atoms with Crippen LogP contribution in [0.1, 0.15) is 26.2 Å². The van der Waals surface area contributed by atoms with E-state index >= 15 is 0 Å². The lowest BCUT2D eigenvalue weighted by Gasteiger charge is -2.23. The van der Waals surface area contributed by atoms with Gasteiger partial charge in [-0.25, -0.2) is 4.79 Å². The van der Waals surface area contributed by atoms with E-state index in [-0.39, 0.29) is 31.3 Å². The van der Waals surface area contributed by atoms with E-state index in [9.17, 15) is 14.4 Å². The number of nitrogens with zero attached hydrogens (tertiary/aromatic N) is 1.